The summed E-state index contributed by atoms with van der Waals surface area (Å²) in [5.74, 6) is -1.22. The number of amides is 1. The van der Waals surface area contributed by atoms with E-state index in [4.69, 9.17) is 30.5 Å². The fourth-order valence-corrected chi connectivity index (χ4v) is 4.44. The molecule has 1 aliphatic rings. The number of methoxy groups -OCH3 is 1. The van der Waals surface area contributed by atoms with Crippen molar-refractivity contribution in [3.63, 3.8) is 0 Å². The van der Waals surface area contributed by atoms with Gasteiger partial charge in [0, 0.05) is 6.42 Å². The van der Waals surface area contributed by atoms with E-state index in [-0.39, 0.29) is 48.6 Å². The van der Waals surface area contributed by atoms with Crippen molar-refractivity contribution in [2.45, 2.75) is 52.6 Å². The average Bonchev–Trinajstić information content (AvgIpc) is 3.29. The van der Waals surface area contributed by atoms with Crippen molar-refractivity contribution in [3.8, 4) is 5.88 Å². The molecule has 0 unspecified atom stereocenters. The van der Waals surface area contributed by atoms with Crippen LogP contribution in [-0.4, -0.2) is 58.8 Å². The lowest BCUT2D eigenvalue weighted by molar-refractivity contribution is -0.162. The second-order valence-corrected chi connectivity index (χ2v) is 9.67. The standard InChI is InChI=1S/C21H26ClIN4O7/c1-9(2)19(29)32-7-12-11(34-20(30)10(3)4)6-13(33-12)27-16(23)15(22)14-17(27)25-21(24-8-28)26-18(14)31-5/h8-13H,6-7H2,1-5H3,(H,24,25,26,28)/t11-,12+,13+/m0/s1. The number of nitrogens with zero attached hydrogens (tertiary/aromatic N) is 3. The number of aromatic nitrogens is 3. The number of carbonyl (C=O) groups excluding carboxylic acids is 3. The molecule has 0 saturated carbocycles. The topological polar surface area (TPSA) is 131 Å². The molecule has 0 radical (unpaired) electrons. The van der Waals surface area contributed by atoms with Gasteiger partial charge in [-0.15, -0.1) is 0 Å². The number of ether oxygens (including phenoxy) is 4. The highest BCUT2D eigenvalue weighted by atomic mass is 127. The van der Waals surface area contributed by atoms with E-state index in [2.05, 4.69) is 15.3 Å². The van der Waals surface area contributed by atoms with Crippen molar-refractivity contribution >= 4 is 69.5 Å². The predicted octanol–water partition coefficient (Wildman–Crippen LogP) is 3.32. The first-order valence-corrected chi connectivity index (χ1v) is 12.1. The minimum Gasteiger partial charge on any atom is -0.480 e. The van der Waals surface area contributed by atoms with Gasteiger partial charge in [0.15, 0.2) is 5.65 Å². The second kappa shape index (κ2) is 11.0. The summed E-state index contributed by atoms with van der Waals surface area (Å²) < 4.78 is 24.9. The van der Waals surface area contributed by atoms with Crippen LogP contribution in [0.1, 0.15) is 40.3 Å². The molecule has 1 amide bonds. The van der Waals surface area contributed by atoms with Gasteiger partial charge in [0.1, 0.15) is 34.1 Å². The summed E-state index contributed by atoms with van der Waals surface area (Å²) in [7, 11) is 1.43. The lowest BCUT2D eigenvalue weighted by Gasteiger charge is -2.20. The van der Waals surface area contributed by atoms with Crippen LogP contribution in [0.15, 0.2) is 0 Å². The fourth-order valence-electron chi connectivity index (χ4n) is 3.37. The molecule has 13 heteroatoms. The maximum absolute atomic E-state index is 12.3. The summed E-state index contributed by atoms with van der Waals surface area (Å²) in [6.07, 6.45) is -1.30. The number of carbonyl (C=O) groups is 3. The first-order valence-electron chi connectivity index (χ1n) is 10.6. The van der Waals surface area contributed by atoms with E-state index in [9.17, 15) is 14.4 Å². The number of anilines is 1. The van der Waals surface area contributed by atoms with Gasteiger partial charge in [0.05, 0.1) is 24.0 Å². The van der Waals surface area contributed by atoms with E-state index in [1.165, 1.54) is 7.11 Å². The van der Waals surface area contributed by atoms with Crippen LogP contribution in [-0.2, 0) is 28.6 Å². The lowest BCUT2D eigenvalue weighted by Crippen LogP contribution is -2.33. The van der Waals surface area contributed by atoms with Crippen LogP contribution < -0.4 is 10.1 Å². The monoisotopic (exact) mass is 608 g/mol. The molecule has 186 valence electrons. The lowest BCUT2D eigenvalue weighted by atomic mass is 10.1. The summed E-state index contributed by atoms with van der Waals surface area (Å²) in [4.78, 5) is 43.9. The van der Waals surface area contributed by atoms with Crippen LogP contribution in [0.25, 0.3) is 11.0 Å². The van der Waals surface area contributed by atoms with Crippen molar-refractivity contribution < 1.29 is 33.3 Å². The van der Waals surface area contributed by atoms with Gasteiger partial charge in [0.2, 0.25) is 18.2 Å². The van der Waals surface area contributed by atoms with E-state index in [0.29, 0.717) is 26.2 Å². The Balaban J connectivity index is 2.00. The number of nitrogens with one attached hydrogen (secondary N) is 1. The Kier molecular flexibility index (Phi) is 8.57. The third kappa shape index (κ3) is 5.38. The quantitative estimate of drug-likeness (QED) is 0.259. The van der Waals surface area contributed by atoms with Gasteiger partial charge >= 0.3 is 11.9 Å². The smallest absolute Gasteiger partial charge is 0.308 e. The van der Waals surface area contributed by atoms with Crippen molar-refractivity contribution in [3.05, 3.63) is 8.72 Å². The first kappa shape index (κ1) is 26.4. The summed E-state index contributed by atoms with van der Waals surface area (Å²) >= 11 is 8.64. The normalized spacial score (nSPS) is 20.1. The van der Waals surface area contributed by atoms with Crippen LogP contribution >= 0.6 is 34.2 Å². The van der Waals surface area contributed by atoms with Crippen LogP contribution in [0.5, 0.6) is 5.88 Å². The molecule has 3 heterocycles. The Morgan fingerprint density at radius 2 is 1.94 bits per heavy atom. The molecule has 34 heavy (non-hydrogen) atoms. The maximum atomic E-state index is 12.3. The third-order valence-corrected chi connectivity index (χ3v) is 6.89. The minimum absolute atomic E-state index is 0.0226. The van der Waals surface area contributed by atoms with Crippen LogP contribution in [0.2, 0.25) is 5.02 Å². The van der Waals surface area contributed by atoms with Crippen molar-refractivity contribution in [2.24, 2.45) is 11.8 Å². The molecule has 1 fully saturated rings. The van der Waals surface area contributed by atoms with Gasteiger partial charge < -0.3 is 18.9 Å². The van der Waals surface area contributed by atoms with Gasteiger partial charge in [-0.05, 0) is 22.6 Å². The molecule has 2 aromatic rings. The highest BCUT2D eigenvalue weighted by Crippen LogP contribution is 2.42. The van der Waals surface area contributed by atoms with E-state index in [0.717, 1.165) is 0 Å². The number of fused-ring (bicyclic) bond motifs is 1. The van der Waals surface area contributed by atoms with Crippen molar-refractivity contribution in [1.29, 1.82) is 0 Å². The molecule has 0 spiro atoms. The highest BCUT2D eigenvalue weighted by molar-refractivity contribution is 14.1. The molecule has 2 aromatic heterocycles. The van der Waals surface area contributed by atoms with E-state index < -0.39 is 18.4 Å². The molecular formula is C21H26ClIN4O7. The summed E-state index contributed by atoms with van der Waals surface area (Å²) in [6, 6.07) is 0. The molecule has 1 saturated heterocycles. The second-order valence-electron chi connectivity index (χ2n) is 8.27. The number of hydrogen-bond donors (Lipinski definition) is 1. The van der Waals surface area contributed by atoms with Gasteiger partial charge in [0.25, 0.3) is 0 Å². The largest absolute Gasteiger partial charge is 0.480 e. The highest BCUT2D eigenvalue weighted by Gasteiger charge is 2.42. The summed E-state index contributed by atoms with van der Waals surface area (Å²) in [5.41, 5.74) is 0.365. The maximum Gasteiger partial charge on any atom is 0.308 e. The van der Waals surface area contributed by atoms with Crippen LogP contribution in [0.4, 0.5) is 5.95 Å². The van der Waals surface area contributed by atoms with E-state index in [1.54, 1.807) is 32.3 Å². The SMILES string of the molecule is COc1nc(NC=O)nc2c1c(Cl)c(I)n2[C@H]1C[C@H](OC(=O)C(C)C)[C@@H](COC(=O)C(C)C)O1. The molecule has 0 aromatic carbocycles. The van der Waals surface area contributed by atoms with Crippen molar-refractivity contribution in [1.82, 2.24) is 14.5 Å². The molecule has 1 N–H and O–H groups in total. The number of hydrogen-bond acceptors (Lipinski definition) is 9. The van der Waals surface area contributed by atoms with Crippen LogP contribution in [0, 0.1) is 15.5 Å². The van der Waals surface area contributed by atoms with Crippen molar-refractivity contribution in [2.75, 3.05) is 19.0 Å². The molecule has 3 atom stereocenters. The Morgan fingerprint density at radius 3 is 2.53 bits per heavy atom. The van der Waals surface area contributed by atoms with E-state index in [1.807, 2.05) is 22.6 Å². The van der Waals surface area contributed by atoms with E-state index >= 15 is 0 Å². The zero-order chi connectivity index (χ0) is 25.2. The average molecular weight is 609 g/mol. The molecule has 0 aliphatic carbocycles. The number of esters is 2. The summed E-state index contributed by atoms with van der Waals surface area (Å²) in [6.45, 7) is 6.84. The Labute approximate surface area is 214 Å². The van der Waals surface area contributed by atoms with Gasteiger partial charge in [-0.3, -0.25) is 24.3 Å². The molecule has 11 nitrogen and oxygen atoms in total. The van der Waals surface area contributed by atoms with Gasteiger partial charge in [-0.1, -0.05) is 39.3 Å². The zero-order valence-corrected chi connectivity index (χ0v) is 22.2. The molecular weight excluding hydrogens is 583 g/mol. The summed E-state index contributed by atoms with van der Waals surface area (Å²) in [5, 5.41) is 3.20. The van der Waals surface area contributed by atoms with Gasteiger partial charge in [-0.25, -0.2) is 0 Å². The molecule has 0 bridgehead atoms. The van der Waals surface area contributed by atoms with Crippen LogP contribution in [0.3, 0.4) is 0 Å². The fraction of sp³-hybridized carbons (Fsp3) is 0.571. The Morgan fingerprint density at radius 1 is 1.26 bits per heavy atom. The molecule has 3 rings (SSSR count). The Hall–Kier alpha value is -2.19. The predicted molar refractivity (Wildman–Crippen MR) is 131 cm³/mol. The third-order valence-electron chi connectivity index (χ3n) is 5.15. The first-order chi connectivity index (χ1) is 16.1. The zero-order valence-electron chi connectivity index (χ0n) is 19.3. The van der Waals surface area contributed by atoms with Gasteiger partial charge in [-0.2, -0.15) is 9.97 Å². The number of halogens is 2. The number of rotatable bonds is 9. The Bertz CT molecular complexity index is 1090. The molecule has 1 aliphatic heterocycles. The minimum atomic E-state index is -0.696.